The van der Waals surface area contributed by atoms with E-state index in [0.29, 0.717) is 25.3 Å². The lowest BCUT2D eigenvalue weighted by Crippen LogP contribution is -2.24. The van der Waals surface area contributed by atoms with Crippen molar-refractivity contribution in [2.45, 2.75) is 12.8 Å². The number of amides is 1. The van der Waals surface area contributed by atoms with Crippen LogP contribution in [0.25, 0.3) is 0 Å². The van der Waals surface area contributed by atoms with Gasteiger partial charge in [0, 0.05) is 18.9 Å². The average molecular weight is 267 g/mol. The number of rotatable bonds is 3. The maximum absolute atomic E-state index is 11.8. The lowest BCUT2D eigenvalue weighted by atomic mass is 10.1. The van der Waals surface area contributed by atoms with Gasteiger partial charge in [-0.2, -0.15) is 0 Å². The van der Waals surface area contributed by atoms with Crippen LogP contribution in [0.1, 0.15) is 17.9 Å². The van der Waals surface area contributed by atoms with Crippen molar-refractivity contribution in [3.63, 3.8) is 0 Å². The molecule has 0 N–H and O–H groups in total. The van der Waals surface area contributed by atoms with Crippen LogP contribution in [0.4, 0.5) is 6.01 Å². The summed E-state index contributed by atoms with van der Waals surface area (Å²) in [7, 11) is 0. The van der Waals surface area contributed by atoms with Gasteiger partial charge < -0.3 is 4.42 Å². The van der Waals surface area contributed by atoms with Crippen molar-refractivity contribution in [2.24, 2.45) is 5.92 Å². The van der Waals surface area contributed by atoms with Crippen LogP contribution in [0, 0.1) is 18.3 Å². The van der Waals surface area contributed by atoms with Gasteiger partial charge >= 0.3 is 6.01 Å². The zero-order chi connectivity index (χ0) is 13.9. The molecule has 0 aliphatic carbocycles. The van der Waals surface area contributed by atoms with Gasteiger partial charge in [-0.25, -0.2) is 0 Å². The summed E-state index contributed by atoms with van der Waals surface area (Å²) in [6, 6.07) is 10.1. The Morgan fingerprint density at radius 3 is 2.85 bits per heavy atom. The largest absolute Gasteiger partial charge is 0.407 e. The second-order valence-corrected chi connectivity index (χ2v) is 4.71. The molecule has 1 saturated heterocycles. The number of carbonyl (C=O) groups is 1. The zero-order valence-electron chi connectivity index (χ0n) is 10.8. The van der Waals surface area contributed by atoms with Crippen molar-refractivity contribution < 1.29 is 9.21 Å². The topological polar surface area (TPSA) is 59.2 Å². The van der Waals surface area contributed by atoms with Crippen LogP contribution in [0.5, 0.6) is 0 Å². The van der Waals surface area contributed by atoms with Crippen LogP contribution in [-0.2, 0) is 11.2 Å². The zero-order valence-corrected chi connectivity index (χ0v) is 10.8. The van der Waals surface area contributed by atoms with Gasteiger partial charge in [-0.3, -0.25) is 9.69 Å². The lowest BCUT2D eigenvalue weighted by Gasteiger charge is -2.08. The van der Waals surface area contributed by atoms with Crippen molar-refractivity contribution in [3.8, 4) is 12.3 Å². The molecule has 1 aromatic carbocycles. The molecule has 1 atom stereocenters. The van der Waals surface area contributed by atoms with Crippen molar-refractivity contribution in [3.05, 3.63) is 41.8 Å². The molecule has 100 valence electrons. The first-order chi connectivity index (χ1) is 9.76. The summed E-state index contributed by atoms with van der Waals surface area (Å²) in [5.41, 5.74) is 1.08. The minimum atomic E-state index is -0.0769. The molecule has 0 spiro atoms. The van der Waals surface area contributed by atoms with Gasteiger partial charge in [0.25, 0.3) is 0 Å². The number of anilines is 1. The normalized spacial score (nSPS) is 18.2. The molecule has 1 amide bonds. The van der Waals surface area contributed by atoms with Crippen LogP contribution < -0.4 is 4.90 Å². The Bertz CT molecular complexity index is 657. The number of terminal acetylenes is 1. The summed E-state index contributed by atoms with van der Waals surface area (Å²) >= 11 is 0. The van der Waals surface area contributed by atoms with Crippen LogP contribution in [0.2, 0.25) is 0 Å². The van der Waals surface area contributed by atoms with Crippen LogP contribution in [0.15, 0.2) is 34.7 Å². The molecule has 0 bridgehead atoms. The molecule has 1 aliphatic heterocycles. The molecule has 3 rings (SSSR count). The van der Waals surface area contributed by atoms with E-state index < -0.39 is 0 Å². The minimum absolute atomic E-state index is 0.0668. The van der Waals surface area contributed by atoms with Gasteiger partial charge in [0.1, 0.15) is 0 Å². The van der Waals surface area contributed by atoms with Gasteiger partial charge in [-0.15, -0.1) is 17.4 Å². The molecule has 5 heteroatoms. The fourth-order valence-corrected chi connectivity index (χ4v) is 2.20. The summed E-state index contributed by atoms with van der Waals surface area (Å²) in [5.74, 6) is 2.93. The van der Waals surface area contributed by atoms with E-state index in [1.165, 1.54) is 4.90 Å². The SMILES string of the molecule is C#CC1CC(=O)N(c2nnc(Cc3ccccc3)o2)C1. The van der Waals surface area contributed by atoms with E-state index in [-0.39, 0.29) is 17.8 Å². The average Bonchev–Trinajstić information content (AvgIpc) is 3.06. The molecule has 0 radical (unpaired) electrons. The molecule has 1 unspecified atom stereocenters. The highest BCUT2D eigenvalue weighted by Gasteiger charge is 2.32. The molecule has 1 fully saturated rings. The van der Waals surface area contributed by atoms with E-state index in [4.69, 9.17) is 10.8 Å². The maximum atomic E-state index is 11.8. The first kappa shape index (κ1) is 12.4. The molecule has 1 aromatic heterocycles. The fourth-order valence-electron chi connectivity index (χ4n) is 2.20. The highest BCUT2D eigenvalue weighted by atomic mass is 16.4. The van der Waals surface area contributed by atoms with Crippen LogP contribution >= 0.6 is 0 Å². The molecule has 2 aromatic rings. The van der Waals surface area contributed by atoms with E-state index in [9.17, 15) is 4.79 Å². The highest BCUT2D eigenvalue weighted by molar-refractivity contribution is 5.94. The Balaban J connectivity index is 1.74. The van der Waals surface area contributed by atoms with Crippen LogP contribution in [0.3, 0.4) is 0 Å². The van der Waals surface area contributed by atoms with Gasteiger partial charge in [-0.05, 0) is 5.56 Å². The Hall–Kier alpha value is -2.61. The maximum Gasteiger partial charge on any atom is 0.325 e. The van der Waals surface area contributed by atoms with Crippen molar-refractivity contribution in [2.75, 3.05) is 11.4 Å². The number of benzene rings is 1. The predicted molar refractivity (Wildman–Crippen MR) is 72.8 cm³/mol. The molecule has 0 saturated carbocycles. The smallest absolute Gasteiger partial charge is 0.325 e. The first-order valence-corrected chi connectivity index (χ1v) is 6.39. The second kappa shape index (κ2) is 5.17. The van der Waals surface area contributed by atoms with E-state index in [0.717, 1.165) is 5.56 Å². The number of hydrogen-bond donors (Lipinski definition) is 0. The summed E-state index contributed by atoms with van der Waals surface area (Å²) in [6.07, 6.45) is 6.24. The number of hydrogen-bond acceptors (Lipinski definition) is 4. The quantitative estimate of drug-likeness (QED) is 0.793. The Kier molecular flexibility index (Phi) is 3.21. The Morgan fingerprint density at radius 2 is 2.15 bits per heavy atom. The molecule has 5 nitrogen and oxygen atoms in total. The third-order valence-corrected chi connectivity index (χ3v) is 3.25. The van der Waals surface area contributed by atoms with Gasteiger partial charge in [0.15, 0.2) is 0 Å². The molecule has 20 heavy (non-hydrogen) atoms. The van der Waals surface area contributed by atoms with E-state index in [1.54, 1.807) is 0 Å². The summed E-state index contributed by atoms with van der Waals surface area (Å²) in [4.78, 5) is 13.3. The second-order valence-electron chi connectivity index (χ2n) is 4.71. The third-order valence-electron chi connectivity index (χ3n) is 3.25. The summed E-state index contributed by atoms with van der Waals surface area (Å²) in [6.45, 7) is 0.447. The molecular weight excluding hydrogens is 254 g/mol. The number of nitrogens with zero attached hydrogens (tertiary/aromatic N) is 3. The van der Waals surface area contributed by atoms with Crippen molar-refractivity contribution in [1.82, 2.24) is 10.2 Å². The van der Waals surface area contributed by atoms with Crippen LogP contribution in [-0.4, -0.2) is 22.6 Å². The van der Waals surface area contributed by atoms with Gasteiger partial charge in [-0.1, -0.05) is 35.4 Å². The number of aromatic nitrogens is 2. The first-order valence-electron chi connectivity index (χ1n) is 6.39. The Labute approximate surface area is 116 Å². The third kappa shape index (κ3) is 2.41. The summed E-state index contributed by atoms with van der Waals surface area (Å²) in [5, 5.41) is 7.91. The monoisotopic (exact) mass is 267 g/mol. The fraction of sp³-hybridized carbons (Fsp3) is 0.267. The van der Waals surface area contributed by atoms with Crippen molar-refractivity contribution >= 4 is 11.9 Å². The molecule has 2 heterocycles. The van der Waals surface area contributed by atoms with E-state index in [2.05, 4.69) is 16.1 Å². The van der Waals surface area contributed by atoms with E-state index in [1.807, 2.05) is 30.3 Å². The summed E-state index contributed by atoms with van der Waals surface area (Å²) < 4.78 is 5.55. The predicted octanol–water partition coefficient (Wildman–Crippen LogP) is 1.65. The number of carbonyl (C=O) groups excluding carboxylic acids is 1. The van der Waals surface area contributed by atoms with Crippen molar-refractivity contribution in [1.29, 1.82) is 0 Å². The van der Waals surface area contributed by atoms with Gasteiger partial charge in [0.2, 0.25) is 11.8 Å². The van der Waals surface area contributed by atoms with Gasteiger partial charge in [0.05, 0.1) is 6.42 Å². The standard InChI is InChI=1S/C15H13N3O2/c1-2-11-9-14(19)18(10-11)15-17-16-13(20-15)8-12-6-4-3-5-7-12/h1,3-7,11H,8-10H2. The Morgan fingerprint density at radius 1 is 1.35 bits per heavy atom. The minimum Gasteiger partial charge on any atom is -0.407 e. The highest BCUT2D eigenvalue weighted by Crippen LogP contribution is 2.24. The van der Waals surface area contributed by atoms with E-state index >= 15 is 0 Å². The molecular formula is C15H13N3O2. The molecule has 1 aliphatic rings. The lowest BCUT2D eigenvalue weighted by molar-refractivity contribution is -0.117.